The number of carbonyl (C=O) groups is 1. The molecule has 0 spiro atoms. The Kier molecular flexibility index (Phi) is 4.42. The Morgan fingerprint density at radius 2 is 2.30 bits per heavy atom. The van der Waals surface area contributed by atoms with E-state index in [1.807, 2.05) is 26.0 Å². The molecule has 0 aliphatic rings. The van der Waals surface area contributed by atoms with Crippen LogP contribution in [0.2, 0.25) is 5.02 Å². The van der Waals surface area contributed by atoms with E-state index in [9.17, 15) is 4.79 Å². The molecule has 0 aliphatic carbocycles. The fourth-order valence-corrected chi connectivity index (χ4v) is 2.05. The third kappa shape index (κ3) is 3.00. The second kappa shape index (κ2) is 6.07. The molecule has 0 saturated carbocycles. The maximum Gasteiger partial charge on any atom is 0.255 e. The van der Waals surface area contributed by atoms with Crippen LogP contribution in [0.4, 0.5) is 0 Å². The lowest BCUT2D eigenvalue weighted by Crippen LogP contribution is -2.37. The summed E-state index contributed by atoms with van der Waals surface area (Å²) in [5.74, 6) is -0.172. The van der Waals surface area contributed by atoms with Crippen molar-refractivity contribution in [1.82, 2.24) is 15.1 Å². The standard InChI is InChI=1S/C14H17ClN4O/c1-9(7-16)18-14(20)13-8-17-19(10(13)2)12-5-3-4-11(15)6-12/h3-6,8-9H,7,16H2,1-2H3,(H,18,20)/t9-/m0/s1. The monoisotopic (exact) mass is 292 g/mol. The number of nitrogens with one attached hydrogen (secondary N) is 1. The van der Waals surface area contributed by atoms with E-state index >= 15 is 0 Å². The lowest BCUT2D eigenvalue weighted by molar-refractivity contribution is 0.0940. The summed E-state index contributed by atoms with van der Waals surface area (Å²) in [4.78, 5) is 12.1. The normalized spacial score (nSPS) is 12.2. The van der Waals surface area contributed by atoms with Gasteiger partial charge in [-0.25, -0.2) is 4.68 Å². The molecule has 20 heavy (non-hydrogen) atoms. The van der Waals surface area contributed by atoms with Gasteiger partial charge in [0, 0.05) is 17.6 Å². The smallest absolute Gasteiger partial charge is 0.255 e. The van der Waals surface area contributed by atoms with Crippen LogP contribution in [0.1, 0.15) is 23.0 Å². The van der Waals surface area contributed by atoms with E-state index in [0.717, 1.165) is 11.4 Å². The number of nitrogens with two attached hydrogens (primary N) is 1. The minimum Gasteiger partial charge on any atom is -0.348 e. The van der Waals surface area contributed by atoms with Gasteiger partial charge in [-0.15, -0.1) is 0 Å². The minimum absolute atomic E-state index is 0.0728. The van der Waals surface area contributed by atoms with Crippen molar-refractivity contribution in [2.75, 3.05) is 6.54 Å². The summed E-state index contributed by atoms with van der Waals surface area (Å²) in [5, 5.41) is 7.69. The summed E-state index contributed by atoms with van der Waals surface area (Å²) in [6.07, 6.45) is 1.55. The van der Waals surface area contributed by atoms with Crippen LogP contribution >= 0.6 is 11.6 Å². The Hall–Kier alpha value is -1.85. The molecule has 1 amide bonds. The summed E-state index contributed by atoms with van der Waals surface area (Å²) < 4.78 is 1.69. The second-order valence-corrected chi connectivity index (χ2v) is 5.08. The highest BCUT2D eigenvalue weighted by Gasteiger charge is 2.16. The molecule has 1 heterocycles. The SMILES string of the molecule is Cc1c(C(=O)N[C@@H](C)CN)cnn1-c1cccc(Cl)c1. The highest BCUT2D eigenvalue weighted by Crippen LogP contribution is 2.17. The minimum atomic E-state index is -0.172. The molecule has 106 valence electrons. The number of amides is 1. The van der Waals surface area contributed by atoms with Crippen LogP contribution in [0, 0.1) is 6.92 Å². The predicted octanol–water partition coefficient (Wildman–Crippen LogP) is 1.91. The third-order valence-electron chi connectivity index (χ3n) is 3.04. The van der Waals surface area contributed by atoms with E-state index in [4.69, 9.17) is 17.3 Å². The van der Waals surface area contributed by atoms with Gasteiger partial charge in [0.25, 0.3) is 5.91 Å². The fraction of sp³-hybridized carbons (Fsp3) is 0.286. The Morgan fingerprint density at radius 1 is 1.55 bits per heavy atom. The highest BCUT2D eigenvalue weighted by molar-refractivity contribution is 6.30. The number of hydrogen-bond donors (Lipinski definition) is 2. The molecular weight excluding hydrogens is 276 g/mol. The summed E-state index contributed by atoms with van der Waals surface area (Å²) in [6.45, 7) is 4.10. The molecule has 0 radical (unpaired) electrons. The largest absolute Gasteiger partial charge is 0.348 e. The zero-order valence-corrected chi connectivity index (χ0v) is 12.2. The van der Waals surface area contributed by atoms with Gasteiger partial charge < -0.3 is 11.1 Å². The van der Waals surface area contributed by atoms with Gasteiger partial charge in [-0.3, -0.25) is 4.79 Å². The van der Waals surface area contributed by atoms with Crippen molar-refractivity contribution in [2.45, 2.75) is 19.9 Å². The van der Waals surface area contributed by atoms with Gasteiger partial charge in [0.2, 0.25) is 0 Å². The third-order valence-corrected chi connectivity index (χ3v) is 3.27. The van der Waals surface area contributed by atoms with Crippen molar-refractivity contribution in [2.24, 2.45) is 5.73 Å². The van der Waals surface area contributed by atoms with Crippen LogP contribution < -0.4 is 11.1 Å². The zero-order valence-electron chi connectivity index (χ0n) is 11.4. The molecule has 2 rings (SSSR count). The molecule has 0 aliphatic heterocycles. The second-order valence-electron chi connectivity index (χ2n) is 4.65. The van der Waals surface area contributed by atoms with Gasteiger partial charge >= 0.3 is 0 Å². The summed E-state index contributed by atoms with van der Waals surface area (Å²) >= 11 is 5.97. The number of aromatic nitrogens is 2. The van der Waals surface area contributed by atoms with Crippen LogP contribution in [0.15, 0.2) is 30.5 Å². The average Bonchev–Trinajstić information content (AvgIpc) is 2.80. The molecule has 0 bridgehead atoms. The first kappa shape index (κ1) is 14.6. The lowest BCUT2D eigenvalue weighted by atomic mass is 10.2. The molecule has 1 atom stereocenters. The predicted molar refractivity (Wildman–Crippen MR) is 79.3 cm³/mol. The van der Waals surface area contributed by atoms with Crippen LogP contribution in [0.5, 0.6) is 0 Å². The highest BCUT2D eigenvalue weighted by atomic mass is 35.5. The number of benzene rings is 1. The molecule has 1 aromatic heterocycles. The topological polar surface area (TPSA) is 72.9 Å². The summed E-state index contributed by atoms with van der Waals surface area (Å²) in [6, 6.07) is 7.24. The number of hydrogen-bond acceptors (Lipinski definition) is 3. The summed E-state index contributed by atoms with van der Waals surface area (Å²) in [5.41, 5.74) is 7.61. The lowest BCUT2D eigenvalue weighted by Gasteiger charge is -2.11. The van der Waals surface area contributed by atoms with E-state index in [0.29, 0.717) is 17.1 Å². The molecule has 6 heteroatoms. The fourth-order valence-electron chi connectivity index (χ4n) is 1.86. The van der Waals surface area contributed by atoms with E-state index in [2.05, 4.69) is 10.4 Å². The maximum absolute atomic E-state index is 12.1. The molecule has 5 nitrogen and oxygen atoms in total. The van der Waals surface area contributed by atoms with E-state index in [-0.39, 0.29) is 11.9 Å². The number of nitrogens with zero attached hydrogens (tertiary/aromatic N) is 2. The maximum atomic E-state index is 12.1. The molecule has 3 N–H and O–H groups in total. The van der Waals surface area contributed by atoms with Crippen molar-refractivity contribution < 1.29 is 4.79 Å². The van der Waals surface area contributed by atoms with Crippen LogP contribution in [0.25, 0.3) is 5.69 Å². The molecule has 1 aromatic carbocycles. The van der Waals surface area contributed by atoms with E-state index in [1.54, 1.807) is 23.0 Å². The van der Waals surface area contributed by atoms with Gasteiger partial charge in [0.15, 0.2) is 0 Å². The Morgan fingerprint density at radius 3 is 2.95 bits per heavy atom. The van der Waals surface area contributed by atoms with Gasteiger partial charge in [0.1, 0.15) is 0 Å². The zero-order chi connectivity index (χ0) is 14.7. The van der Waals surface area contributed by atoms with Crippen LogP contribution in [-0.2, 0) is 0 Å². The molecule has 0 unspecified atom stereocenters. The van der Waals surface area contributed by atoms with E-state index < -0.39 is 0 Å². The van der Waals surface area contributed by atoms with Crippen molar-refractivity contribution >= 4 is 17.5 Å². The van der Waals surface area contributed by atoms with Gasteiger partial charge in [-0.2, -0.15) is 5.10 Å². The number of rotatable bonds is 4. The average molecular weight is 293 g/mol. The Labute approximate surface area is 122 Å². The first-order chi connectivity index (χ1) is 9.52. The van der Waals surface area contributed by atoms with Crippen molar-refractivity contribution in [3.63, 3.8) is 0 Å². The number of halogens is 1. The molecule has 2 aromatic rings. The van der Waals surface area contributed by atoms with Crippen LogP contribution in [0.3, 0.4) is 0 Å². The van der Waals surface area contributed by atoms with Crippen molar-refractivity contribution in [1.29, 1.82) is 0 Å². The number of carbonyl (C=O) groups excluding carboxylic acids is 1. The molecule has 0 saturated heterocycles. The van der Waals surface area contributed by atoms with E-state index in [1.165, 1.54) is 0 Å². The van der Waals surface area contributed by atoms with Crippen molar-refractivity contribution in [3.05, 3.63) is 46.7 Å². The quantitative estimate of drug-likeness (QED) is 0.904. The molecular formula is C14H17ClN4O. The summed E-state index contributed by atoms with van der Waals surface area (Å²) in [7, 11) is 0. The Balaban J connectivity index is 2.29. The van der Waals surface area contributed by atoms with Gasteiger partial charge in [-0.05, 0) is 32.0 Å². The first-order valence-electron chi connectivity index (χ1n) is 6.34. The molecule has 0 fully saturated rings. The Bertz CT molecular complexity index is 623. The van der Waals surface area contributed by atoms with Crippen molar-refractivity contribution in [3.8, 4) is 5.69 Å². The van der Waals surface area contributed by atoms with Gasteiger partial charge in [0.05, 0.1) is 23.1 Å². The van der Waals surface area contributed by atoms with Gasteiger partial charge in [-0.1, -0.05) is 17.7 Å². The first-order valence-corrected chi connectivity index (χ1v) is 6.72. The van der Waals surface area contributed by atoms with Crippen LogP contribution in [-0.4, -0.2) is 28.3 Å².